The molecule has 8 heteroatoms. The summed E-state index contributed by atoms with van der Waals surface area (Å²) in [6.45, 7) is 2.04. The number of hydrogen-bond acceptors (Lipinski definition) is 5. The molecule has 2 fully saturated rings. The van der Waals surface area contributed by atoms with Crippen molar-refractivity contribution in [2.45, 2.75) is 48.5 Å². The summed E-state index contributed by atoms with van der Waals surface area (Å²) in [5.74, 6) is -1.12. The van der Waals surface area contributed by atoms with Gasteiger partial charge in [0.15, 0.2) is 0 Å². The molecule has 0 radical (unpaired) electrons. The molecule has 5 rings (SSSR count). The summed E-state index contributed by atoms with van der Waals surface area (Å²) in [6.07, 6.45) is 4.94. The van der Waals surface area contributed by atoms with Crippen molar-refractivity contribution in [2.75, 3.05) is 35.5 Å². The van der Waals surface area contributed by atoms with Crippen molar-refractivity contribution < 1.29 is 13.6 Å². The van der Waals surface area contributed by atoms with Crippen LogP contribution in [0.2, 0.25) is 0 Å². The van der Waals surface area contributed by atoms with Crippen LogP contribution >= 0.6 is 11.9 Å². The summed E-state index contributed by atoms with van der Waals surface area (Å²) in [7, 11) is 2.12. The molecule has 0 bridgehead atoms. The highest BCUT2D eigenvalue weighted by molar-refractivity contribution is 8.00. The van der Waals surface area contributed by atoms with E-state index < -0.39 is 17.0 Å². The molecule has 1 amide bonds. The Labute approximate surface area is 185 Å². The smallest absolute Gasteiger partial charge is 0.235 e. The summed E-state index contributed by atoms with van der Waals surface area (Å²) in [4.78, 5) is 15.5. The fourth-order valence-corrected chi connectivity index (χ4v) is 5.52. The van der Waals surface area contributed by atoms with Gasteiger partial charge in [0.1, 0.15) is 11.6 Å². The number of hydrogen-bond donors (Lipinski definition) is 3. The number of anilines is 3. The lowest BCUT2D eigenvalue weighted by atomic mass is 9.65. The Hall–Kier alpha value is -2.32. The Morgan fingerprint density at radius 3 is 2.74 bits per heavy atom. The Bertz CT molecular complexity index is 1030. The number of fused-ring (bicyclic) bond motifs is 2. The second kappa shape index (κ2) is 7.98. The minimum atomic E-state index is -0.602. The maximum absolute atomic E-state index is 14.1. The maximum atomic E-state index is 14.1. The van der Waals surface area contributed by atoms with Crippen molar-refractivity contribution in [2.24, 2.45) is 0 Å². The number of likely N-dealkylation sites (tertiary alicyclic amines) is 1. The first-order chi connectivity index (χ1) is 14.9. The van der Waals surface area contributed by atoms with Gasteiger partial charge in [-0.05, 0) is 81.1 Å². The monoisotopic (exact) mass is 444 g/mol. The number of nitrogens with zero attached hydrogens (tertiary/aromatic N) is 1. The van der Waals surface area contributed by atoms with Crippen molar-refractivity contribution in [3.05, 3.63) is 47.5 Å². The molecular formula is C23H26F2N4OS. The third kappa shape index (κ3) is 3.76. The van der Waals surface area contributed by atoms with E-state index >= 15 is 0 Å². The zero-order chi connectivity index (χ0) is 21.6. The highest BCUT2D eigenvalue weighted by Gasteiger charge is 2.52. The van der Waals surface area contributed by atoms with Crippen LogP contribution in [0.25, 0.3) is 0 Å². The second-order valence-corrected chi connectivity index (χ2v) is 9.71. The van der Waals surface area contributed by atoms with Crippen LogP contribution in [0, 0.1) is 11.6 Å². The second-order valence-electron chi connectivity index (χ2n) is 8.86. The third-order valence-electron chi connectivity index (χ3n) is 6.69. The number of carbonyl (C=O) groups excluding carboxylic acids is 1. The van der Waals surface area contributed by atoms with E-state index in [2.05, 4.69) is 27.3 Å². The third-order valence-corrected chi connectivity index (χ3v) is 7.58. The zero-order valence-corrected chi connectivity index (χ0v) is 18.2. The van der Waals surface area contributed by atoms with Gasteiger partial charge in [0.2, 0.25) is 5.91 Å². The normalized spacial score (nSPS) is 22.0. The van der Waals surface area contributed by atoms with Crippen LogP contribution < -0.4 is 15.4 Å². The van der Waals surface area contributed by atoms with Gasteiger partial charge in [-0.3, -0.25) is 4.79 Å². The first-order valence-corrected chi connectivity index (χ1v) is 11.6. The minimum absolute atomic E-state index is 0.0759. The van der Waals surface area contributed by atoms with Gasteiger partial charge < -0.3 is 20.3 Å². The van der Waals surface area contributed by atoms with Gasteiger partial charge in [0, 0.05) is 24.3 Å². The molecule has 1 spiro atoms. The lowest BCUT2D eigenvalue weighted by molar-refractivity contribution is -0.123. The molecule has 2 aromatic rings. The number of piperidine rings is 1. The molecular weight excluding hydrogens is 418 g/mol. The van der Waals surface area contributed by atoms with Gasteiger partial charge in [0.25, 0.3) is 0 Å². The molecule has 0 aromatic heterocycles. The van der Waals surface area contributed by atoms with Gasteiger partial charge in [-0.25, -0.2) is 8.78 Å². The standard InChI is InChI=1S/C23H26F2N4OS/c1-29-9-2-4-15(13-29)26-19-12-16(28-31-20-6-5-14(24)10-18(20)25)11-17-21(19)27-22(30)23(17)7-3-8-23/h5-6,10-12,15,26,28H,2-4,7-9,13H2,1H3,(H,27,30). The number of benzene rings is 2. The van der Waals surface area contributed by atoms with E-state index in [9.17, 15) is 13.6 Å². The highest BCUT2D eigenvalue weighted by Crippen LogP contribution is 2.54. The van der Waals surface area contributed by atoms with Crippen molar-refractivity contribution in [3.8, 4) is 0 Å². The predicted molar refractivity (Wildman–Crippen MR) is 121 cm³/mol. The molecule has 1 saturated carbocycles. The van der Waals surface area contributed by atoms with Crippen molar-refractivity contribution in [1.82, 2.24) is 4.90 Å². The zero-order valence-electron chi connectivity index (χ0n) is 17.4. The molecule has 2 heterocycles. The van der Waals surface area contributed by atoms with E-state index in [0.717, 1.165) is 85.8 Å². The fourth-order valence-electron chi connectivity index (χ4n) is 4.89. The predicted octanol–water partition coefficient (Wildman–Crippen LogP) is 4.96. The topological polar surface area (TPSA) is 56.4 Å². The molecule has 1 atom stereocenters. The van der Waals surface area contributed by atoms with E-state index in [0.29, 0.717) is 10.9 Å². The highest BCUT2D eigenvalue weighted by atomic mass is 32.2. The van der Waals surface area contributed by atoms with Gasteiger partial charge in [-0.2, -0.15) is 0 Å². The van der Waals surface area contributed by atoms with Crippen molar-refractivity contribution >= 4 is 34.9 Å². The van der Waals surface area contributed by atoms with E-state index in [-0.39, 0.29) is 5.91 Å². The maximum Gasteiger partial charge on any atom is 0.235 e. The SMILES string of the molecule is CN1CCCC(Nc2cc(NSc3ccc(F)cc3F)cc3c2NC(=O)C32CCC2)C1. The first kappa shape index (κ1) is 20.6. The molecule has 31 heavy (non-hydrogen) atoms. The number of carbonyl (C=O) groups is 1. The summed E-state index contributed by atoms with van der Waals surface area (Å²) in [5.41, 5.74) is 3.14. The first-order valence-electron chi connectivity index (χ1n) is 10.8. The van der Waals surface area contributed by atoms with Gasteiger partial charge in [0.05, 0.1) is 21.7 Å². The van der Waals surface area contributed by atoms with Crippen LogP contribution in [0.5, 0.6) is 0 Å². The summed E-state index contributed by atoms with van der Waals surface area (Å²) < 4.78 is 30.5. The number of nitrogens with one attached hydrogen (secondary N) is 3. The number of halogens is 2. The van der Waals surface area contributed by atoms with E-state index in [4.69, 9.17) is 0 Å². The van der Waals surface area contributed by atoms with Crippen LogP contribution in [0.3, 0.4) is 0 Å². The molecule has 3 N–H and O–H groups in total. The largest absolute Gasteiger partial charge is 0.379 e. The van der Waals surface area contributed by atoms with Crippen molar-refractivity contribution in [3.63, 3.8) is 0 Å². The minimum Gasteiger partial charge on any atom is -0.379 e. The Kier molecular flexibility index (Phi) is 5.30. The molecule has 1 saturated heterocycles. The molecule has 1 unspecified atom stereocenters. The number of rotatable bonds is 5. The lowest BCUT2D eigenvalue weighted by Gasteiger charge is -2.36. The fraction of sp³-hybridized carbons (Fsp3) is 0.435. The summed E-state index contributed by atoms with van der Waals surface area (Å²) in [5, 5.41) is 6.77. The van der Waals surface area contributed by atoms with Crippen LogP contribution in [0.15, 0.2) is 35.2 Å². The average molecular weight is 445 g/mol. The van der Waals surface area contributed by atoms with Gasteiger partial charge >= 0.3 is 0 Å². The van der Waals surface area contributed by atoms with Gasteiger partial charge in [-0.1, -0.05) is 6.42 Å². The van der Waals surface area contributed by atoms with E-state index in [1.54, 1.807) is 0 Å². The van der Waals surface area contributed by atoms with Gasteiger partial charge in [-0.15, -0.1) is 0 Å². The quantitative estimate of drug-likeness (QED) is 0.569. The molecule has 2 aliphatic heterocycles. The van der Waals surface area contributed by atoms with Crippen molar-refractivity contribution in [1.29, 1.82) is 0 Å². The number of amides is 1. The molecule has 3 aliphatic rings. The average Bonchev–Trinajstić information content (AvgIpc) is 3.00. The van der Waals surface area contributed by atoms with Crippen LogP contribution in [0.1, 0.15) is 37.7 Å². The lowest BCUT2D eigenvalue weighted by Crippen LogP contribution is -2.40. The molecule has 5 nitrogen and oxygen atoms in total. The van der Waals surface area contributed by atoms with Crippen LogP contribution in [-0.2, 0) is 10.2 Å². The Morgan fingerprint density at radius 1 is 1.19 bits per heavy atom. The number of likely N-dealkylation sites (N-methyl/N-ethyl adjacent to an activating group) is 1. The Balaban J connectivity index is 1.45. The summed E-state index contributed by atoms with van der Waals surface area (Å²) >= 11 is 1.10. The van der Waals surface area contributed by atoms with Crippen LogP contribution in [-0.4, -0.2) is 37.0 Å². The van der Waals surface area contributed by atoms with E-state index in [1.807, 2.05) is 12.1 Å². The van der Waals surface area contributed by atoms with E-state index in [1.165, 1.54) is 12.1 Å². The van der Waals surface area contributed by atoms with Crippen LogP contribution in [0.4, 0.5) is 25.8 Å². The molecule has 1 aliphatic carbocycles. The Morgan fingerprint density at radius 2 is 2.03 bits per heavy atom. The summed E-state index contributed by atoms with van der Waals surface area (Å²) in [6, 6.07) is 7.82. The molecule has 2 aromatic carbocycles. The molecule has 164 valence electrons.